The predicted octanol–water partition coefficient (Wildman–Crippen LogP) is 1.35. The summed E-state index contributed by atoms with van der Waals surface area (Å²) in [5, 5.41) is 3.09. The molecule has 1 aromatic carbocycles. The van der Waals surface area contributed by atoms with E-state index >= 15 is 0 Å². The van der Waals surface area contributed by atoms with Gasteiger partial charge in [-0.25, -0.2) is 0 Å². The standard InChI is InChI=1S/C21H29N3O4/c1-15(16-6-4-3-5-7-16)24-13-17(12-19(24)25)21(27)22-18-8-10-23(11-9-18)20(26)14-28-2/h3-7,15,17-18H,8-14H2,1-2H3,(H,22,27). The number of likely N-dealkylation sites (tertiary alicyclic amines) is 2. The molecule has 0 aromatic heterocycles. The lowest BCUT2D eigenvalue weighted by Gasteiger charge is -2.32. The van der Waals surface area contributed by atoms with Crippen molar-refractivity contribution in [1.29, 1.82) is 0 Å². The number of carbonyl (C=O) groups is 3. The summed E-state index contributed by atoms with van der Waals surface area (Å²) >= 11 is 0. The number of hydrogen-bond acceptors (Lipinski definition) is 4. The van der Waals surface area contributed by atoms with Crippen LogP contribution >= 0.6 is 0 Å². The lowest BCUT2D eigenvalue weighted by Crippen LogP contribution is -2.48. The topological polar surface area (TPSA) is 79.0 Å². The Kier molecular flexibility index (Phi) is 6.67. The summed E-state index contributed by atoms with van der Waals surface area (Å²) in [6, 6.07) is 9.89. The van der Waals surface area contributed by atoms with Crippen LogP contribution in [0.2, 0.25) is 0 Å². The first kappa shape index (κ1) is 20.3. The second-order valence-electron chi connectivity index (χ2n) is 7.63. The number of nitrogens with one attached hydrogen (secondary N) is 1. The molecule has 0 aliphatic carbocycles. The molecule has 7 heteroatoms. The zero-order valence-corrected chi connectivity index (χ0v) is 16.6. The van der Waals surface area contributed by atoms with Crippen LogP contribution in [-0.4, -0.2) is 66.9 Å². The van der Waals surface area contributed by atoms with Crippen molar-refractivity contribution in [2.24, 2.45) is 5.92 Å². The molecule has 3 rings (SSSR count). The molecule has 2 saturated heterocycles. The number of methoxy groups -OCH3 is 1. The van der Waals surface area contributed by atoms with E-state index in [1.165, 1.54) is 7.11 Å². The van der Waals surface area contributed by atoms with Gasteiger partial charge in [0.1, 0.15) is 6.61 Å². The molecule has 28 heavy (non-hydrogen) atoms. The zero-order valence-electron chi connectivity index (χ0n) is 16.6. The highest BCUT2D eigenvalue weighted by molar-refractivity contribution is 5.89. The Morgan fingerprint density at radius 1 is 1.21 bits per heavy atom. The molecule has 2 aliphatic heterocycles. The van der Waals surface area contributed by atoms with Crippen LogP contribution < -0.4 is 5.32 Å². The van der Waals surface area contributed by atoms with Gasteiger partial charge in [-0.3, -0.25) is 14.4 Å². The van der Waals surface area contributed by atoms with Crippen molar-refractivity contribution < 1.29 is 19.1 Å². The Labute approximate surface area is 166 Å². The van der Waals surface area contributed by atoms with Gasteiger partial charge in [-0.2, -0.15) is 0 Å². The Balaban J connectivity index is 1.49. The van der Waals surface area contributed by atoms with Crippen molar-refractivity contribution in [3.63, 3.8) is 0 Å². The lowest BCUT2D eigenvalue weighted by atomic mass is 10.0. The van der Waals surface area contributed by atoms with E-state index < -0.39 is 0 Å². The molecular weight excluding hydrogens is 358 g/mol. The molecule has 0 spiro atoms. The fraction of sp³-hybridized carbons (Fsp3) is 0.571. The Bertz CT molecular complexity index is 701. The second-order valence-corrected chi connectivity index (χ2v) is 7.63. The van der Waals surface area contributed by atoms with Crippen molar-refractivity contribution in [1.82, 2.24) is 15.1 Å². The normalized spacial score (nSPS) is 21.6. The molecular formula is C21H29N3O4. The maximum absolute atomic E-state index is 12.7. The molecule has 2 atom stereocenters. The van der Waals surface area contributed by atoms with Crippen molar-refractivity contribution in [2.75, 3.05) is 33.4 Å². The highest BCUT2D eigenvalue weighted by Gasteiger charge is 2.37. The number of rotatable bonds is 6. The number of hydrogen-bond donors (Lipinski definition) is 1. The van der Waals surface area contributed by atoms with Gasteiger partial charge in [-0.1, -0.05) is 30.3 Å². The fourth-order valence-electron chi connectivity index (χ4n) is 4.00. The van der Waals surface area contributed by atoms with Crippen molar-refractivity contribution in [3.8, 4) is 0 Å². The molecule has 3 amide bonds. The molecule has 2 aliphatic rings. The van der Waals surface area contributed by atoms with E-state index in [-0.39, 0.29) is 48.8 Å². The summed E-state index contributed by atoms with van der Waals surface area (Å²) in [5.41, 5.74) is 1.07. The van der Waals surface area contributed by atoms with Crippen LogP contribution in [-0.2, 0) is 19.1 Å². The van der Waals surface area contributed by atoms with Crippen molar-refractivity contribution in [2.45, 2.75) is 38.3 Å². The number of amides is 3. The molecule has 0 saturated carbocycles. The fourth-order valence-corrected chi connectivity index (χ4v) is 4.00. The second kappa shape index (κ2) is 9.19. The number of carbonyl (C=O) groups excluding carboxylic acids is 3. The summed E-state index contributed by atoms with van der Waals surface area (Å²) in [4.78, 5) is 40.6. The van der Waals surface area contributed by atoms with E-state index in [0.29, 0.717) is 19.6 Å². The van der Waals surface area contributed by atoms with Gasteiger partial charge in [0, 0.05) is 39.2 Å². The highest BCUT2D eigenvalue weighted by Crippen LogP contribution is 2.28. The third-order valence-electron chi connectivity index (χ3n) is 5.74. The molecule has 0 bridgehead atoms. The number of nitrogens with zero attached hydrogens (tertiary/aromatic N) is 2. The molecule has 0 radical (unpaired) electrons. The van der Waals surface area contributed by atoms with Gasteiger partial charge in [0.2, 0.25) is 17.7 Å². The molecule has 2 fully saturated rings. The predicted molar refractivity (Wildman–Crippen MR) is 104 cm³/mol. The summed E-state index contributed by atoms with van der Waals surface area (Å²) in [6.07, 6.45) is 1.71. The summed E-state index contributed by atoms with van der Waals surface area (Å²) in [6.45, 7) is 3.78. The molecule has 1 aromatic rings. The molecule has 7 nitrogen and oxygen atoms in total. The maximum Gasteiger partial charge on any atom is 0.248 e. The van der Waals surface area contributed by atoms with E-state index in [9.17, 15) is 14.4 Å². The van der Waals surface area contributed by atoms with Crippen molar-refractivity contribution >= 4 is 17.7 Å². The number of benzene rings is 1. The van der Waals surface area contributed by atoms with Gasteiger partial charge < -0.3 is 19.9 Å². The summed E-state index contributed by atoms with van der Waals surface area (Å²) < 4.78 is 4.89. The summed E-state index contributed by atoms with van der Waals surface area (Å²) in [5.74, 6) is -0.361. The van der Waals surface area contributed by atoms with E-state index in [1.54, 1.807) is 9.80 Å². The van der Waals surface area contributed by atoms with Gasteiger partial charge in [0.15, 0.2) is 0 Å². The van der Waals surface area contributed by atoms with Crippen LogP contribution in [0, 0.1) is 5.92 Å². The zero-order chi connectivity index (χ0) is 20.1. The maximum atomic E-state index is 12.7. The minimum Gasteiger partial charge on any atom is -0.375 e. The van der Waals surface area contributed by atoms with Gasteiger partial charge in [-0.15, -0.1) is 0 Å². The molecule has 152 valence electrons. The van der Waals surface area contributed by atoms with Gasteiger partial charge in [0.25, 0.3) is 0 Å². The smallest absolute Gasteiger partial charge is 0.248 e. The average Bonchev–Trinajstić information content (AvgIpc) is 3.10. The third-order valence-corrected chi connectivity index (χ3v) is 5.74. The van der Waals surface area contributed by atoms with Crippen LogP contribution in [0.15, 0.2) is 30.3 Å². The van der Waals surface area contributed by atoms with Crippen molar-refractivity contribution in [3.05, 3.63) is 35.9 Å². The van der Waals surface area contributed by atoms with Crippen LogP contribution in [0.1, 0.15) is 37.8 Å². The van der Waals surface area contributed by atoms with Gasteiger partial charge in [-0.05, 0) is 25.3 Å². The largest absolute Gasteiger partial charge is 0.375 e. The van der Waals surface area contributed by atoms with Gasteiger partial charge in [0.05, 0.1) is 12.0 Å². The minimum absolute atomic E-state index is 0.0146. The molecule has 2 heterocycles. The average molecular weight is 387 g/mol. The number of ether oxygens (including phenoxy) is 1. The molecule has 1 N–H and O–H groups in total. The summed E-state index contributed by atoms with van der Waals surface area (Å²) in [7, 11) is 1.51. The van der Waals surface area contributed by atoms with E-state index in [0.717, 1.165) is 18.4 Å². The van der Waals surface area contributed by atoms with Crippen LogP contribution in [0.5, 0.6) is 0 Å². The Hall–Kier alpha value is -2.41. The Morgan fingerprint density at radius 2 is 1.89 bits per heavy atom. The number of piperidine rings is 1. The SMILES string of the molecule is COCC(=O)N1CCC(NC(=O)C2CC(=O)N(C(C)c3ccccc3)C2)CC1. The third kappa shape index (κ3) is 4.70. The lowest BCUT2D eigenvalue weighted by molar-refractivity contribution is -0.136. The monoisotopic (exact) mass is 387 g/mol. The minimum atomic E-state index is -0.313. The first-order valence-electron chi connectivity index (χ1n) is 9.91. The van der Waals surface area contributed by atoms with Crippen LogP contribution in [0.4, 0.5) is 0 Å². The van der Waals surface area contributed by atoms with E-state index in [2.05, 4.69) is 5.32 Å². The van der Waals surface area contributed by atoms with Crippen LogP contribution in [0.25, 0.3) is 0 Å². The van der Waals surface area contributed by atoms with Gasteiger partial charge >= 0.3 is 0 Å². The van der Waals surface area contributed by atoms with Crippen LogP contribution in [0.3, 0.4) is 0 Å². The quantitative estimate of drug-likeness (QED) is 0.799. The highest BCUT2D eigenvalue weighted by atomic mass is 16.5. The first-order valence-corrected chi connectivity index (χ1v) is 9.91. The van der Waals surface area contributed by atoms with E-state index in [1.807, 2.05) is 37.3 Å². The van der Waals surface area contributed by atoms with E-state index in [4.69, 9.17) is 4.74 Å². The Morgan fingerprint density at radius 3 is 2.54 bits per heavy atom. The first-order chi connectivity index (χ1) is 13.5. The molecule has 2 unspecified atom stereocenters.